The summed E-state index contributed by atoms with van der Waals surface area (Å²) in [5.41, 5.74) is 0.540. The first-order chi connectivity index (χ1) is 12.0. The number of benzene rings is 1. The zero-order chi connectivity index (χ0) is 18.0. The second kappa shape index (κ2) is 6.60. The Morgan fingerprint density at radius 2 is 2.16 bits per heavy atom. The van der Waals surface area contributed by atoms with Crippen LogP contribution in [0.15, 0.2) is 40.9 Å². The summed E-state index contributed by atoms with van der Waals surface area (Å²) in [6.07, 6.45) is 1.40. The first kappa shape index (κ1) is 16.4. The van der Waals surface area contributed by atoms with Crippen molar-refractivity contribution in [3.05, 3.63) is 58.0 Å². The predicted octanol–water partition coefficient (Wildman–Crippen LogP) is 4.01. The molecule has 0 fully saturated rings. The van der Waals surface area contributed by atoms with E-state index in [0.29, 0.717) is 28.0 Å². The van der Waals surface area contributed by atoms with Crippen molar-refractivity contribution in [2.45, 2.75) is 13.8 Å². The highest BCUT2D eigenvalue weighted by Gasteiger charge is 2.21. The predicted molar refractivity (Wildman–Crippen MR) is 87.9 cm³/mol. The fourth-order valence-corrected chi connectivity index (χ4v) is 2.43. The molecule has 0 radical (unpaired) electrons. The molecule has 0 N–H and O–H groups in total. The van der Waals surface area contributed by atoms with Gasteiger partial charge < -0.3 is 13.9 Å². The fourth-order valence-electron chi connectivity index (χ4n) is 2.43. The number of hydrogen-bond donors (Lipinski definition) is 0. The zero-order valence-electron chi connectivity index (χ0n) is 13.5. The third-order valence-electron chi connectivity index (χ3n) is 3.48. The number of esters is 1. The summed E-state index contributed by atoms with van der Waals surface area (Å²) in [6, 6.07) is 7.52. The van der Waals surface area contributed by atoms with Crippen molar-refractivity contribution in [1.82, 2.24) is 4.98 Å². The van der Waals surface area contributed by atoms with Crippen molar-refractivity contribution in [3.63, 3.8) is 0 Å². The van der Waals surface area contributed by atoms with Gasteiger partial charge in [-0.1, -0.05) is 0 Å². The monoisotopic (exact) mass is 342 g/mol. The van der Waals surface area contributed by atoms with Gasteiger partial charge in [0.15, 0.2) is 0 Å². The Kier molecular flexibility index (Phi) is 4.34. The van der Waals surface area contributed by atoms with E-state index in [-0.39, 0.29) is 18.2 Å². The van der Waals surface area contributed by atoms with Gasteiger partial charge in [0.25, 0.3) is 5.88 Å². The molecule has 1 aromatic carbocycles. The lowest BCUT2D eigenvalue weighted by molar-refractivity contribution is -0.386. The minimum Gasteiger partial charge on any atom is -0.462 e. The number of pyridine rings is 1. The summed E-state index contributed by atoms with van der Waals surface area (Å²) in [5, 5.41) is 11.6. The number of nitro groups is 1. The maximum absolute atomic E-state index is 12.1. The maximum atomic E-state index is 12.1. The van der Waals surface area contributed by atoms with Crippen LogP contribution in [0, 0.1) is 17.0 Å². The minimum atomic E-state index is -0.576. The quantitative estimate of drug-likeness (QED) is 0.392. The highest BCUT2D eigenvalue weighted by molar-refractivity contribution is 6.04. The molecule has 3 rings (SSSR count). The van der Waals surface area contributed by atoms with Gasteiger partial charge in [0, 0.05) is 17.6 Å². The van der Waals surface area contributed by atoms with Gasteiger partial charge in [0.2, 0.25) is 0 Å². The average molecular weight is 342 g/mol. The standard InChI is InChI=1S/C17H14N2O6/c1-3-23-17(20)15-10(2)24-14-7-6-11(9-12(14)15)25-16-13(19(21)22)5-4-8-18-16/h4-9H,3H2,1-2H3. The Morgan fingerprint density at radius 3 is 2.88 bits per heavy atom. The topological polar surface area (TPSA) is 105 Å². The van der Waals surface area contributed by atoms with Crippen molar-refractivity contribution >= 4 is 22.6 Å². The highest BCUT2D eigenvalue weighted by Crippen LogP contribution is 2.33. The third kappa shape index (κ3) is 3.14. The van der Waals surface area contributed by atoms with Crippen molar-refractivity contribution < 1.29 is 23.6 Å². The van der Waals surface area contributed by atoms with Crippen LogP contribution in [0.25, 0.3) is 11.0 Å². The summed E-state index contributed by atoms with van der Waals surface area (Å²) in [4.78, 5) is 26.5. The van der Waals surface area contributed by atoms with Crippen molar-refractivity contribution in [2.75, 3.05) is 6.61 Å². The molecule has 25 heavy (non-hydrogen) atoms. The lowest BCUT2D eigenvalue weighted by atomic mass is 10.1. The Labute approximate surface area is 142 Å². The molecule has 0 spiro atoms. The molecule has 0 unspecified atom stereocenters. The van der Waals surface area contributed by atoms with E-state index < -0.39 is 10.9 Å². The molecule has 0 aliphatic rings. The molecule has 0 amide bonds. The molecule has 8 nitrogen and oxygen atoms in total. The number of nitrogens with zero attached hydrogens (tertiary/aromatic N) is 2. The van der Waals surface area contributed by atoms with E-state index in [1.807, 2.05) is 0 Å². The number of carbonyl (C=O) groups is 1. The van der Waals surface area contributed by atoms with Crippen LogP contribution < -0.4 is 4.74 Å². The zero-order valence-corrected chi connectivity index (χ0v) is 13.5. The Balaban J connectivity index is 2.03. The molecule has 8 heteroatoms. The van der Waals surface area contributed by atoms with E-state index in [9.17, 15) is 14.9 Å². The van der Waals surface area contributed by atoms with Crippen LogP contribution in [0.1, 0.15) is 23.0 Å². The molecular formula is C17H14N2O6. The number of carbonyl (C=O) groups excluding carboxylic acids is 1. The van der Waals surface area contributed by atoms with Gasteiger partial charge in [0.1, 0.15) is 22.7 Å². The van der Waals surface area contributed by atoms with Crippen LogP contribution in [0.5, 0.6) is 11.6 Å². The number of hydrogen-bond acceptors (Lipinski definition) is 7. The van der Waals surface area contributed by atoms with Crippen LogP contribution >= 0.6 is 0 Å². The van der Waals surface area contributed by atoms with Crippen LogP contribution in [0.4, 0.5) is 5.69 Å². The van der Waals surface area contributed by atoms with Crippen molar-refractivity contribution in [2.24, 2.45) is 0 Å². The number of aromatic nitrogens is 1. The van der Waals surface area contributed by atoms with Gasteiger partial charge in [-0.3, -0.25) is 10.1 Å². The van der Waals surface area contributed by atoms with E-state index in [4.69, 9.17) is 13.9 Å². The second-order valence-electron chi connectivity index (χ2n) is 5.10. The van der Waals surface area contributed by atoms with Crippen molar-refractivity contribution in [1.29, 1.82) is 0 Å². The third-order valence-corrected chi connectivity index (χ3v) is 3.48. The summed E-state index contributed by atoms with van der Waals surface area (Å²) in [5.74, 6) is 0.0829. The van der Waals surface area contributed by atoms with Crippen molar-refractivity contribution in [3.8, 4) is 11.6 Å². The molecule has 2 aromatic heterocycles. The van der Waals surface area contributed by atoms with E-state index in [2.05, 4.69) is 4.98 Å². The average Bonchev–Trinajstić information content (AvgIpc) is 2.90. The minimum absolute atomic E-state index is 0.134. The van der Waals surface area contributed by atoms with Crippen LogP contribution in [0.2, 0.25) is 0 Å². The number of furan rings is 1. The van der Waals surface area contributed by atoms with Crippen LogP contribution in [-0.2, 0) is 4.74 Å². The molecule has 3 aromatic rings. The van der Waals surface area contributed by atoms with E-state index in [1.165, 1.54) is 18.3 Å². The molecule has 0 aliphatic carbocycles. The summed E-state index contributed by atoms with van der Waals surface area (Å²) < 4.78 is 16.1. The molecule has 128 valence electrons. The summed E-state index contributed by atoms with van der Waals surface area (Å²) >= 11 is 0. The fraction of sp³-hybridized carbons (Fsp3) is 0.176. The largest absolute Gasteiger partial charge is 0.462 e. The van der Waals surface area contributed by atoms with Gasteiger partial charge >= 0.3 is 11.7 Å². The van der Waals surface area contributed by atoms with Gasteiger partial charge in [-0.15, -0.1) is 0 Å². The van der Waals surface area contributed by atoms with E-state index in [1.54, 1.807) is 32.0 Å². The Morgan fingerprint density at radius 1 is 1.36 bits per heavy atom. The Hall–Kier alpha value is -3.42. The SMILES string of the molecule is CCOC(=O)c1c(C)oc2ccc(Oc3ncccc3[N+](=O)[O-])cc12. The molecule has 0 atom stereocenters. The van der Waals surface area contributed by atoms with Gasteiger partial charge in [0.05, 0.1) is 11.5 Å². The lowest BCUT2D eigenvalue weighted by Gasteiger charge is -2.05. The van der Waals surface area contributed by atoms with E-state index >= 15 is 0 Å². The van der Waals surface area contributed by atoms with Crippen LogP contribution in [-0.4, -0.2) is 22.5 Å². The molecule has 0 saturated heterocycles. The van der Waals surface area contributed by atoms with Crippen LogP contribution in [0.3, 0.4) is 0 Å². The normalized spacial score (nSPS) is 10.6. The molecule has 0 bridgehead atoms. The first-order valence-electron chi connectivity index (χ1n) is 7.48. The Bertz CT molecular complexity index is 963. The molecule has 0 aliphatic heterocycles. The maximum Gasteiger partial charge on any atom is 0.342 e. The summed E-state index contributed by atoms with van der Waals surface area (Å²) in [7, 11) is 0. The highest BCUT2D eigenvalue weighted by atomic mass is 16.6. The molecular weight excluding hydrogens is 328 g/mol. The number of rotatable bonds is 5. The van der Waals surface area contributed by atoms with Gasteiger partial charge in [-0.2, -0.15) is 0 Å². The number of ether oxygens (including phenoxy) is 2. The second-order valence-corrected chi connectivity index (χ2v) is 5.10. The van der Waals surface area contributed by atoms with Gasteiger partial charge in [-0.05, 0) is 38.1 Å². The lowest BCUT2D eigenvalue weighted by Crippen LogP contribution is -2.05. The molecule has 2 heterocycles. The number of aryl methyl sites for hydroxylation is 1. The van der Waals surface area contributed by atoms with Gasteiger partial charge in [-0.25, -0.2) is 9.78 Å². The number of fused-ring (bicyclic) bond motifs is 1. The smallest absolute Gasteiger partial charge is 0.342 e. The molecule has 0 saturated carbocycles. The first-order valence-corrected chi connectivity index (χ1v) is 7.48. The summed E-state index contributed by atoms with van der Waals surface area (Å²) in [6.45, 7) is 3.61. The van der Waals surface area contributed by atoms with E-state index in [0.717, 1.165) is 0 Å².